The fraction of sp³-hybridized carbons (Fsp3) is 0.286. The second kappa shape index (κ2) is 7.90. The van der Waals surface area contributed by atoms with E-state index >= 15 is 0 Å². The molecule has 140 valence electrons. The van der Waals surface area contributed by atoms with Crippen LogP contribution in [0, 0.1) is 5.82 Å². The number of carbonyl (C=O) groups is 1. The third kappa shape index (κ3) is 4.18. The average Bonchev–Trinajstić information content (AvgIpc) is 3.00. The number of hydrogen-bond acceptors (Lipinski definition) is 4. The van der Waals surface area contributed by atoms with Crippen molar-refractivity contribution in [3.8, 4) is 0 Å². The van der Waals surface area contributed by atoms with E-state index in [4.69, 9.17) is 4.74 Å². The topological polar surface area (TPSA) is 53.6 Å². The first-order chi connectivity index (χ1) is 13.2. The Hall–Kier alpha value is -2.70. The molecule has 6 heteroatoms. The maximum Gasteiger partial charge on any atom is 0.257 e. The average molecular weight is 367 g/mol. The molecule has 2 aliphatic rings. The second-order valence-corrected chi connectivity index (χ2v) is 6.75. The van der Waals surface area contributed by atoms with E-state index in [2.05, 4.69) is 27.7 Å². The molecule has 2 aliphatic heterocycles. The number of amides is 1. The number of benzene rings is 2. The lowest BCUT2D eigenvalue weighted by Crippen LogP contribution is -2.37. The number of nitrogens with one attached hydrogen (secondary N) is 2. The summed E-state index contributed by atoms with van der Waals surface area (Å²) in [6.45, 7) is 4.68. The van der Waals surface area contributed by atoms with Gasteiger partial charge in [0, 0.05) is 37.1 Å². The van der Waals surface area contributed by atoms with Crippen LogP contribution in [0.2, 0.25) is 0 Å². The van der Waals surface area contributed by atoms with Crippen molar-refractivity contribution in [3.63, 3.8) is 0 Å². The lowest BCUT2D eigenvalue weighted by atomic mass is 10.1. The first-order valence-electron chi connectivity index (χ1n) is 9.16. The van der Waals surface area contributed by atoms with Gasteiger partial charge in [0.2, 0.25) is 0 Å². The molecule has 0 radical (unpaired) electrons. The van der Waals surface area contributed by atoms with Gasteiger partial charge >= 0.3 is 0 Å². The smallest absolute Gasteiger partial charge is 0.257 e. The van der Waals surface area contributed by atoms with E-state index < -0.39 is 0 Å². The number of ether oxygens (including phenoxy) is 1. The van der Waals surface area contributed by atoms with E-state index in [9.17, 15) is 9.18 Å². The van der Waals surface area contributed by atoms with Gasteiger partial charge in [-0.3, -0.25) is 9.69 Å². The Kier molecular flexibility index (Phi) is 5.18. The maximum absolute atomic E-state index is 13.3. The summed E-state index contributed by atoms with van der Waals surface area (Å²) in [6, 6.07) is 12.5. The van der Waals surface area contributed by atoms with Crippen molar-refractivity contribution in [3.05, 3.63) is 65.6 Å². The number of fused-ring (bicyclic) bond motifs is 1. The summed E-state index contributed by atoms with van der Waals surface area (Å²) in [5.74, 6) is -0.596. The number of rotatable bonds is 5. The second-order valence-electron chi connectivity index (χ2n) is 6.75. The van der Waals surface area contributed by atoms with Crippen molar-refractivity contribution < 1.29 is 13.9 Å². The zero-order valence-electron chi connectivity index (χ0n) is 15.0. The van der Waals surface area contributed by atoms with Crippen LogP contribution < -0.4 is 10.6 Å². The van der Waals surface area contributed by atoms with Crippen LogP contribution in [0.1, 0.15) is 11.1 Å². The van der Waals surface area contributed by atoms with Gasteiger partial charge in [-0.1, -0.05) is 12.1 Å². The molecule has 0 atom stereocenters. The number of carbonyl (C=O) groups excluding carboxylic acids is 1. The minimum Gasteiger partial charge on any atom is -0.379 e. The molecule has 2 heterocycles. The van der Waals surface area contributed by atoms with E-state index in [0.29, 0.717) is 16.8 Å². The molecule has 2 aromatic rings. The van der Waals surface area contributed by atoms with Crippen molar-refractivity contribution in [2.24, 2.45) is 0 Å². The number of hydrogen-bond donors (Lipinski definition) is 2. The fourth-order valence-corrected chi connectivity index (χ4v) is 3.35. The molecule has 0 aromatic heterocycles. The van der Waals surface area contributed by atoms with Crippen LogP contribution in [-0.4, -0.2) is 43.7 Å². The van der Waals surface area contributed by atoms with Gasteiger partial charge in [-0.05, 0) is 42.3 Å². The van der Waals surface area contributed by atoms with Crippen LogP contribution in [0.5, 0.6) is 0 Å². The standard InChI is InChI=1S/C21H22FN3O2/c22-16-3-6-18-19(21(26)24-20(18)13-16)14-23-17-4-1-15(2-5-17)7-8-25-9-11-27-12-10-25/h1-6,13-14,23H,7-12H2,(H,24,26)/b19-14-. The highest BCUT2D eigenvalue weighted by Crippen LogP contribution is 2.32. The predicted octanol–water partition coefficient (Wildman–Crippen LogP) is 3.11. The van der Waals surface area contributed by atoms with Crippen LogP contribution >= 0.6 is 0 Å². The largest absolute Gasteiger partial charge is 0.379 e. The van der Waals surface area contributed by atoms with Crippen LogP contribution in [-0.2, 0) is 16.0 Å². The number of nitrogens with zero attached hydrogens (tertiary/aromatic N) is 1. The summed E-state index contributed by atoms with van der Waals surface area (Å²) < 4.78 is 18.7. The number of anilines is 2. The number of halogens is 1. The van der Waals surface area contributed by atoms with E-state index in [0.717, 1.165) is 45.0 Å². The first kappa shape index (κ1) is 17.7. The maximum atomic E-state index is 13.3. The Morgan fingerprint density at radius 2 is 1.93 bits per heavy atom. The van der Waals surface area contributed by atoms with Crippen molar-refractivity contribution in [2.45, 2.75) is 6.42 Å². The van der Waals surface area contributed by atoms with Gasteiger partial charge < -0.3 is 15.4 Å². The van der Waals surface area contributed by atoms with Gasteiger partial charge in [0.1, 0.15) is 5.82 Å². The lowest BCUT2D eigenvalue weighted by molar-refractivity contribution is -0.110. The highest BCUT2D eigenvalue weighted by Gasteiger charge is 2.24. The van der Waals surface area contributed by atoms with Gasteiger partial charge in [-0.15, -0.1) is 0 Å². The predicted molar refractivity (Wildman–Crippen MR) is 104 cm³/mol. The van der Waals surface area contributed by atoms with Gasteiger partial charge in [0.05, 0.1) is 24.5 Å². The van der Waals surface area contributed by atoms with E-state index in [1.807, 2.05) is 12.1 Å². The Balaban J connectivity index is 1.37. The summed E-state index contributed by atoms with van der Waals surface area (Å²) >= 11 is 0. The summed E-state index contributed by atoms with van der Waals surface area (Å²) in [4.78, 5) is 14.5. The minimum absolute atomic E-state index is 0.231. The van der Waals surface area contributed by atoms with Gasteiger partial charge in [0.25, 0.3) is 5.91 Å². The number of morpholine rings is 1. The zero-order chi connectivity index (χ0) is 18.6. The van der Waals surface area contributed by atoms with Crippen molar-refractivity contribution in [1.82, 2.24) is 4.90 Å². The Labute approximate surface area is 157 Å². The quantitative estimate of drug-likeness (QED) is 0.798. The summed E-state index contributed by atoms with van der Waals surface area (Å²) in [6.07, 6.45) is 2.67. The Morgan fingerprint density at radius 3 is 2.70 bits per heavy atom. The Morgan fingerprint density at radius 1 is 1.15 bits per heavy atom. The van der Waals surface area contributed by atoms with Crippen LogP contribution in [0.4, 0.5) is 15.8 Å². The molecule has 2 N–H and O–H groups in total. The van der Waals surface area contributed by atoms with Crippen LogP contribution in [0.3, 0.4) is 0 Å². The molecule has 0 unspecified atom stereocenters. The van der Waals surface area contributed by atoms with Gasteiger partial charge in [0.15, 0.2) is 0 Å². The lowest BCUT2D eigenvalue weighted by Gasteiger charge is -2.26. The van der Waals surface area contributed by atoms with Crippen LogP contribution in [0.15, 0.2) is 48.7 Å². The summed E-state index contributed by atoms with van der Waals surface area (Å²) in [5, 5.41) is 5.84. The fourth-order valence-electron chi connectivity index (χ4n) is 3.35. The highest BCUT2D eigenvalue weighted by molar-refractivity contribution is 6.31. The normalized spacial score (nSPS) is 18.4. The molecular weight excluding hydrogens is 345 g/mol. The zero-order valence-corrected chi connectivity index (χ0v) is 15.0. The van der Waals surface area contributed by atoms with Crippen molar-refractivity contribution >= 4 is 22.9 Å². The third-order valence-electron chi connectivity index (χ3n) is 4.92. The molecule has 0 bridgehead atoms. The molecule has 1 fully saturated rings. The molecular formula is C21H22FN3O2. The minimum atomic E-state index is -0.365. The molecule has 0 spiro atoms. The summed E-state index contributed by atoms with van der Waals surface area (Å²) in [7, 11) is 0. The SMILES string of the molecule is O=C1Nc2cc(F)ccc2/C1=C/Nc1ccc(CCN2CCOCC2)cc1. The third-order valence-corrected chi connectivity index (χ3v) is 4.92. The van der Waals surface area contributed by atoms with E-state index in [1.54, 1.807) is 12.3 Å². The van der Waals surface area contributed by atoms with Crippen molar-refractivity contribution in [1.29, 1.82) is 0 Å². The molecule has 1 amide bonds. The van der Waals surface area contributed by atoms with Gasteiger partial charge in [-0.2, -0.15) is 0 Å². The molecule has 27 heavy (non-hydrogen) atoms. The molecule has 5 nitrogen and oxygen atoms in total. The van der Waals surface area contributed by atoms with Gasteiger partial charge in [-0.25, -0.2) is 4.39 Å². The highest BCUT2D eigenvalue weighted by atomic mass is 19.1. The molecule has 2 aromatic carbocycles. The Bertz CT molecular complexity index is 858. The molecule has 0 saturated carbocycles. The molecule has 1 saturated heterocycles. The van der Waals surface area contributed by atoms with Crippen molar-refractivity contribution in [2.75, 3.05) is 43.5 Å². The molecule has 4 rings (SSSR count). The van der Waals surface area contributed by atoms with E-state index in [1.165, 1.54) is 17.7 Å². The summed E-state index contributed by atoms with van der Waals surface area (Å²) in [5.41, 5.74) is 3.89. The molecule has 0 aliphatic carbocycles. The monoisotopic (exact) mass is 367 g/mol. The van der Waals surface area contributed by atoms with E-state index in [-0.39, 0.29) is 11.7 Å². The first-order valence-corrected chi connectivity index (χ1v) is 9.16. The van der Waals surface area contributed by atoms with Crippen LogP contribution in [0.25, 0.3) is 5.57 Å².